The molecule has 2 bridgehead atoms. The zero-order valence-electron chi connectivity index (χ0n) is 13.2. The minimum Gasteiger partial charge on any atom is -0.481 e. The van der Waals surface area contributed by atoms with Gasteiger partial charge in [-0.05, 0) is 75.1 Å². The molecule has 0 saturated heterocycles. The predicted octanol–water partition coefficient (Wildman–Crippen LogP) is 3.38. The molecule has 4 atom stereocenters. The molecule has 3 heteroatoms. The van der Waals surface area contributed by atoms with E-state index in [4.69, 9.17) is 4.74 Å². The summed E-state index contributed by atoms with van der Waals surface area (Å²) in [5.74, 6) is 2.35. The molecule has 2 aliphatic rings. The maximum absolute atomic E-state index is 12.3. The topological polar surface area (TPSA) is 38.3 Å². The monoisotopic (exact) mass is 287 g/mol. The summed E-state index contributed by atoms with van der Waals surface area (Å²) in [5.41, 5.74) is 2.32. The second-order valence-corrected chi connectivity index (χ2v) is 6.87. The Balaban J connectivity index is 1.57. The highest BCUT2D eigenvalue weighted by molar-refractivity contribution is 5.81. The van der Waals surface area contributed by atoms with E-state index in [0.29, 0.717) is 12.0 Å². The van der Waals surface area contributed by atoms with Crippen molar-refractivity contribution in [3.05, 3.63) is 29.3 Å². The number of carbonyl (C=O) groups excluding carboxylic acids is 1. The largest absolute Gasteiger partial charge is 0.481 e. The third kappa shape index (κ3) is 3.22. The highest BCUT2D eigenvalue weighted by Gasteiger charge is 2.40. The fraction of sp³-hybridized carbons (Fsp3) is 0.611. The van der Waals surface area contributed by atoms with Gasteiger partial charge in [0, 0.05) is 6.04 Å². The van der Waals surface area contributed by atoms with Gasteiger partial charge in [-0.2, -0.15) is 0 Å². The van der Waals surface area contributed by atoms with Crippen LogP contribution in [0, 0.1) is 25.7 Å². The Labute approximate surface area is 127 Å². The lowest BCUT2D eigenvalue weighted by Crippen LogP contribution is -2.44. The smallest absolute Gasteiger partial charge is 0.261 e. The Hall–Kier alpha value is -1.51. The quantitative estimate of drug-likeness (QED) is 0.922. The minimum atomic E-state index is -0.440. The molecule has 2 saturated carbocycles. The van der Waals surface area contributed by atoms with Crippen molar-refractivity contribution in [1.29, 1.82) is 0 Å². The number of fused-ring (bicyclic) bond motifs is 2. The van der Waals surface area contributed by atoms with E-state index in [1.807, 2.05) is 32.9 Å². The van der Waals surface area contributed by atoms with Gasteiger partial charge in [-0.1, -0.05) is 12.5 Å². The molecule has 0 heterocycles. The molecule has 21 heavy (non-hydrogen) atoms. The van der Waals surface area contributed by atoms with Crippen LogP contribution in [0.25, 0.3) is 0 Å². The molecule has 2 fully saturated rings. The van der Waals surface area contributed by atoms with E-state index < -0.39 is 6.10 Å². The second kappa shape index (κ2) is 5.70. The van der Waals surface area contributed by atoms with Gasteiger partial charge in [0.2, 0.25) is 0 Å². The van der Waals surface area contributed by atoms with Gasteiger partial charge in [-0.3, -0.25) is 4.79 Å². The summed E-state index contributed by atoms with van der Waals surface area (Å²) in [7, 11) is 0. The van der Waals surface area contributed by atoms with Crippen molar-refractivity contribution in [2.45, 2.75) is 58.6 Å². The molecule has 1 aromatic rings. The summed E-state index contributed by atoms with van der Waals surface area (Å²) >= 11 is 0. The fourth-order valence-electron chi connectivity index (χ4n) is 3.98. The number of rotatable bonds is 4. The van der Waals surface area contributed by atoms with Crippen LogP contribution >= 0.6 is 0 Å². The number of aryl methyl sites for hydroxylation is 2. The maximum Gasteiger partial charge on any atom is 0.261 e. The van der Waals surface area contributed by atoms with Gasteiger partial charge >= 0.3 is 0 Å². The van der Waals surface area contributed by atoms with E-state index in [0.717, 1.165) is 29.2 Å². The Kier molecular flexibility index (Phi) is 3.92. The van der Waals surface area contributed by atoms with Gasteiger partial charge in [0.05, 0.1) is 0 Å². The summed E-state index contributed by atoms with van der Waals surface area (Å²) < 4.78 is 5.82. The number of carbonyl (C=O) groups is 1. The first-order valence-corrected chi connectivity index (χ1v) is 8.06. The number of nitrogens with one attached hydrogen (secondary N) is 1. The van der Waals surface area contributed by atoms with Gasteiger partial charge in [0.15, 0.2) is 6.10 Å². The SMILES string of the molecule is Cc1cc(C)cc(OC(C)C(=O)NC2CC3CCC2C3)c1. The zero-order valence-corrected chi connectivity index (χ0v) is 13.2. The third-order valence-corrected chi connectivity index (χ3v) is 4.94. The first-order valence-electron chi connectivity index (χ1n) is 8.06. The van der Waals surface area contributed by atoms with Gasteiger partial charge in [0.1, 0.15) is 5.75 Å². The van der Waals surface area contributed by atoms with E-state index in [2.05, 4.69) is 11.4 Å². The summed E-state index contributed by atoms with van der Waals surface area (Å²) in [6.45, 7) is 5.92. The maximum atomic E-state index is 12.3. The zero-order chi connectivity index (χ0) is 15.0. The molecular formula is C18H25NO2. The van der Waals surface area contributed by atoms with Gasteiger partial charge in [-0.25, -0.2) is 0 Å². The summed E-state index contributed by atoms with van der Waals surface area (Å²) in [6, 6.07) is 6.44. The molecule has 1 amide bonds. The predicted molar refractivity (Wildman–Crippen MR) is 83.4 cm³/mol. The van der Waals surface area contributed by atoms with Crippen LogP contribution < -0.4 is 10.1 Å². The molecule has 3 rings (SSSR count). The molecule has 4 unspecified atom stereocenters. The standard InChI is InChI=1S/C18H25NO2/c1-11-6-12(2)8-16(7-11)21-13(3)18(20)19-17-10-14-4-5-15(17)9-14/h6-8,13-15,17H,4-5,9-10H2,1-3H3,(H,19,20). The van der Waals surface area contributed by atoms with Crippen molar-refractivity contribution in [3.63, 3.8) is 0 Å². The van der Waals surface area contributed by atoms with E-state index in [1.54, 1.807) is 0 Å². The highest BCUT2D eigenvalue weighted by Crippen LogP contribution is 2.44. The molecule has 1 N–H and O–H groups in total. The summed E-state index contributed by atoms with van der Waals surface area (Å²) in [4.78, 5) is 12.3. The van der Waals surface area contributed by atoms with E-state index in [9.17, 15) is 4.79 Å². The molecule has 114 valence electrons. The van der Waals surface area contributed by atoms with Crippen molar-refractivity contribution in [3.8, 4) is 5.75 Å². The number of hydrogen-bond donors (Lipinski definition) is 1. The van der Waals surface area contributed by atoms with Crippen LogP contribution in [0.5, 0.6) is 5.75 Å². The fourth-order valence-corrected chi connectivity index (χ4v) is 3.98. The number of benzene rings is 1. The van der Waals surface area contributed by atoms with Crippen LogP contribution in [-0.4, -0.2) is 18.1 Å². The van der Waals surface area contributed by atoms with Crippen LogP contribution in [0.2, 0.25) is 0 Å². The van der Waals surface area contributed by atoms with Crippen molar-refractivity contribution in [2.24, 2.45) is 11.8 Å². The van der Waals surface area contributed by atoms with Gasteiger partial charge in [-0.15, -0.1) is 0 Å². The molecule has 2 aliphatic carbocycles. The van der Waals surface area contributed by atoms with E-state index in [-0.39, 0.29) is 5.91 Å². The van der Waals surface area contributed by atoms with E-state index >= 15 is 0 Å². The van der Waals surface area contributed by atoms with Gasteiger partial charge < -0.3 is 10.1 Å². The highest BCUT2D eigenvalue weighted by atomic mass is 16.5. The van der Waals surface area contributed by atoms with Gasteiger partial charge in [0.25, 0.3) is 5.91 Å². The van der Waals surface area contributed by atoms with Crippen LogP contribution in [0.1, 0.15) is 43.7 Å². The first kappa shape index (κ1) is 14.4. The normalized spacial score (nSPS) is 28.4. The van der Waals surface area contributed by atoms with Crippen LogP contribution in [0.3, 0.4) is 0 Å². The molecule has 0 aromatic heterocycles. The molecular weight excluding hydrogens is 262 g/mol. The lowest BCUT2D eigenvalue weighted by Gasteiger charge is -2.25. The van der Waals surface area contributed by atoms with Crippen molar-refractivity contribution < 1.29 is 9.53 Å². The lowest BCUT2D eigenvalue weighted by atomic mass is 9.95. The molecule has 1 aromatic carbocycles. The number of hydrogen-bond acceptors (Lipinski definition) is 2. The van der Waals surface area contributed by atoms with Crippen molar-refractivity contribution in [2.75, 3.05) is 0 Å². The minimum absolute atomic E-state index is 0.0201. The van der Waals surface area contributed by atoms with Crippen LogP contribution in [0.15, 0.2) is 18.2 Å². The van der Waals surface area contributed by atoms with Crippen LogP contribution in [-0.2, 0) is 4.79 Å². The molecule has 3 nitrogen and oxygen atoms in total. The van der Waals surface area contributed by atoms with E-state index in [1.165, 1.54) is 19.3 Å². The average Bonchev–Trinajstić information content (AvgIpc) is 2.99. The lowest BCUT2D eigenvalue weighted by molar-refractivity contribution is -0.128. The molecule has 0 radical (unpaired) electrons. The average molecular weight is 287 g/mol. The Morgan fingerprint density at radius 1 is 1.19 bits per heavy atom. The summed E-state index contributed by atoms with van der Waals surface area (Å²) in [6.07, 6.45) is 4.66. The second-order valence-electron chi connectivity index (χ2n) is 6.87. The Morgan fingerprint density at radius 3 is 2.48 bits per heavy atom. The number of amides is 1. The molecule has 0 spiro atoms. The number of ether oxygens (including phenoxy) is 1. The summed E-state index contributed by atoms with van der Waals surface area (Å²) in [5, 5.41) is 3.20. The van der Waals surface area contributed by atoms with Crippen molar-refractivity contribution >= 4 is 5.91 Å². The van der Waals surface area contributed by atoms with Crippen LogP contribution in [0.4, 0.5) is 0 Å². The molecule has 0 aliphatic heterocycles. The van der Waals surface area contributed by atoms with Crippen molar-refractivity contribution in [1.82, 2.24) is 5.32 Å². The Morgan fingerprint density at radius 2 is 1.90 bits per heavy atom. The third-order valence-electron chi connectivity index (χ3n) is 4.94. The Bertz CT molecular complexity index is 520. The first-order chi connectivity index (χ1) is 10.0.